The number of para-hydroxylation sites is 2. The standard InChI is InChI=1S/C17H15N3O3S/c1-9-10(2)24-16-14(9)15(21)18-13(19-16)7-8-20-11-5-3-4-6-12(11)23-17(20)22/h3-6,14H,7-8H2,1-2H3. The highest BCUT2D eigenvalue weighted by atomic mass is 32.2. The fourth-order valence-corrected chi connectivity index (χ4v) is 4.10. The van der Waals surface area contributed by atoms with Crippen molar-refractivity contribution in [2.45, 2.75) is 26.8 Å². The first-order valence-electron chi connectivity index (χ1n) is 7.68. The fourth-order valence-electron chi connectivity index (χ4n) is 2.96. The number of rotatable bonds is 3. The summed E-state index contributed by atoms with van der Waals surface area (Å²) < 4.78 is 6.76. The minimum absolute atomic E-state index is 0.166. The highest BCUT2D eigenvalue weighted by Crippen LogP contribution is 2.40. The number of benzene rings is 1. The topological polar surface area (TPSA) is 76.9 Å². The molecule has 7 heteroatoms. The van der Waals surface area contributed by atoms with Gasteiger partial charge in [0.25, 0.3) is 5.91 Å². The van der Waals surface area contributed by atoms with Crippen molar-refractivity contribution in [1.82, 2.24) is 4.57 Å². The van der Waals surface area contributed by atoms with Gasteiger partial charge in [0.2, 0.25) is 0 Å². The number of nitrogens with zero attached hydrogens (tertiary/aromatic N) is 3. The zero-order valence-electron chi connectivity index (χ0n) is 13.3. The summed E-state index contributed by atoms with van der Waals surface area (Å²) in [5, 5.41) is 0.796. The maximum atomic E-state index is 12.3. The third-order valence-corrected chi connectivity index (χ3v) is 5.52. The van der Waals surface area contributed by atoms with E-state index in [0.29, 0.717) is 24.4 Å². The number of allylic oxidation sites excluding steroid dienone is 1. The number of oxazole rings is 1. The molecule has 2 aliphatic heterocycles. The zero-order chi connectivity index (χ0) is 16.8. The molecule has 4 rings (SSSR count). The molecule has 3 heterocycles. The second-order valence-corrected chi connectivity index (χ2v) is 7.06. The maximum Gasteiger partial charge on any atom is 0.419 e. The van der Waals surface area contributed by atoms with Crippen LogP contribution in [0.2, 0.25) is 0 Å². The Balaban J connectivity index is 1.58. The monoisotopic (exact) mass is 341 g/mol. The molecule has 0 saturated heterocycles. The van der Waals surface area contributed by atoms with Gasteiger partial charge in [-0.2, -0.15) is 4.99 Å². The van der Waals surface area contributed by atoms with E-state index in [1.807, 2.05) is 32.0 Å². The average molecular weight is 341 g/mol. The molecular formula is C17H15N3O3S. The van der Waals surface area contributed by atoms with Crippen LogP contribution in [0.15, 0.2) is 53.9 Å². The smallest absolute Gasteiger partial charge is 0.408 e. The fraction of sp³-hybridized carbons (Fsp3) is 0.294. The van der Waals surface area contributed by atoms with Gasteiger partial charge in [0, 0.05) is 13.0 Å². The quantitative estimate of drug-likeness (QED) is 0.860. The molecule has 1 unspecified atom stereocenters. The summed E-state index contributed by atoms with van der Waals surface area (Å²) >= 11 is 1.54. The van der Waals surface area contributed by atoms with Crippen molar-refractivity contribution >= 4 is 39.6 Å². The lowest BCUT2D eigenvalue weighted by molar-refractivity contribution is -0.118. The Kier molecular flexibility index (Phi) is 3.53. The summed E-state index contributed by atoms with van der Waals surface area (Å²) in [6.45, 7) is 4.32. The number of aliphatic imine (C=N–C) groups is 2. The number of carbonyl (C=O) groups excluding carboxylic acids is 1. The maximum absolute atomic E-state index is 12.3. The van der Waals surface area contributed by atoms with Gasteiger partial charge in [0.05, 0.1) is 10.6 Å². The molecule has 0 N–H and O–H groups in total. The van der Waals surface area contributed by atoms with Gasteiger partial charge in [-0.05, 0) is 36.5 Å². The molecule has 2 aliphatic rings. The van der Waals surface area contributed by atoms with Gasteiger partial charge in [0.15, 0.2) is 5.58 Å². The van der Waals surface area contributed by atoms with E-state index >= 15 is 0 Å². The van der Waals surface area contributed by atoms with Gasteiger partial charge in [-0.15, -0.1) is 0 Å². The molecule has 24 heavy (non-hydrogen) atoms. The average Bonchev–Trinajstić information content (AvgIpc) is 3.02. The second-order valence-electron chi connectivity index (χ2n) is 5.83. The molecule has 0 spiro atoms. The van der Waals surface area contributed by atoms with Crippen molar-refractivity contribution in [2.24, 2.45) is 15.9 Å². The van der Waals surface area contributed by atoms with Gasteiger partial charge < -0.3 is 4.42 Å². The molecule has 1 aromatic carbocycles. The second kappa shape index (κ2) is 5.59. The van der Waals surface area contributed by atoms with Crippen LogP contribution in [0.5, 0.6) is 0 Å². The van der Waals surface area contributed by atoms with Gasteiger partial charge in [-0.25, -0.2) is 9.79 Å². The molecule has 0 aliphatic carbocycles. The minimum atomic E-state index is -0.409. The van der Waals surface area contributed by atoms with Crippen molar-refractivity contribution < 1.29 is 9.21 Å². The highest BCUT2D eigenvalue weighted by Gasteiger charge is 2.36. The van der Waals surface area contributed by atoms with E-state index in [0.717, 1.165) is 21.0 Å². The zero-order valence-corrected chi connectivity index (χ0v) is 14.1. The molecule has 0 radical (unpaired) electrons. The largest absolute Gasteiger partial charge is 0.419 e. The molecular weight excluding hydrogens is 326 g/mol. The van der Waals surface area contributed by atoms with Crippen molar-refractivity contribution in [3.05, 3.63) is 45.3 Å². The van der Waals surface area contributed by atoms with Crippen LogP contribution in [0.1, 0.15) is 20.3 Å². The summed E-state index contributed by atoms with van der Waals surface area (Å²) in [4.78, 5) is 34.0. The molecule has 2 aromatic rings. The molecule has 1 amide bonds. The van der Waals surface area contributed by atoms with Crippen LogP contribution < -0.4 is 5.76 Å². The molecule has 1 atom stereocenters. The summed E-state index contributed by atoms with van der Waals surface area (Å²) in [5.41, 5.74) is 2.32. The third-order valence-electron chi connectivity index (χ3n) is 4.35. The Morgan fingerprint density at radius 3 is 2.83 bits per heavy atom. The number of aromatic nitrogens is 1. The van der Waals surface area contributed by atoms with Crippen molar-refractivity contribution in [1.29, 1.82) is 0 Å². The summed E-state index contributed by atoms with van der Waals surface area (Å²) in [7, 11) is 0. The van der Waals surface area contributed by atoms with Crippen LogP contribution in [0, 0.1) is 5.92 Å². The lowest BCUT2D eigenvalue weighted by atomic mass is 10.00. The van der Waals surface area contributed by atoms with E-state index in [1.165, 1.54) is 11.8 Å². The van der Waals surface area contributed by atoms with Gasteiger partial charge in [-0.1, -0.05) is 23.9 Å². The Morgan fingerprint density at radius 2 is 2.00 bits per heavy atom. The summed E-state index contributed by atoms with van der Waals surface area (Å²) in [5.74, 6) is -0.413. The number of carbonyl (C=O) groups is 1. The number of amides is 1. The lowest BCUT2D eigenvalue weighted by Gasteiger charge is -2.14. The lowest BCUT2D eigenvalue weighted by Crippen LogP contribution is -2.26. The number of aryl methyl sites for hydroxylation is 1. The third kappa shape index (κ3) is 2.36. The van der Waals surface area contributed by atoms with Crippen LogP contribution in [0.4, 0.5) is 0 Å². The predicted octanol–water partition coefficient (Wildman–Crippen LogP) is 2.98. The Morgan fingerprint density at radius 1 is 1.21 bits per heavy atom. The number of amidine groups is 1. The predicted molar refractivity (Wildman–Crippen MR) is 94.4 cm³/mol. The molecule has 6 nitrogen and oxygen atoms in total. The van der Waals surface area contributed by atoms with Crippen LogP contribution in [-0.2, 0) is 11.3 Å². The number of thioether (sulfide) groups is 1. The minimum Gasteiger partial charge on any atom is -0.408 e. The Hall–Kier alpha value is -2.41. The van der Waals surface area contributed by atoms with Crippen LogP contribution in [0.3, 0.4) is 0 Å². The van der Waals surface area contributed by atoms with Gasteiger partial charge >= 0.3 is 5.76 Å². The molecule has 0 saturated carbocycles. The van der Waals surface area contributed by atoms with E-state index in [2.05, 4.69) is 9.98 Å². The van der Waals surface area contributed by atoms with Crippen LogP contribution in [0.25, 0.3) is 11.1 Å². The van der Waals surface area contributed by atoms with Crippen LogP contribution >= 0.6 is 11.8 Å². The first kappa shape index (κ1) is 15.1. The SMILES string of the molecule is CC1=C(C)C2C(=O)N=C(CCn3c(=O)oc4ccccc43)N=C2S1. The van der Waals surface area contributed by atoms with E-state index < -0.39 is 5.76 Å². The number of hydrogen-bond acceptors (Lipinski definition) is 5. The normalized spacial score (nSPS) is 20.4. The molecule has 122 valence electrons. The molecule has 0 fully saturated rings. The van der Waals surface area contributed by atoms with Gasteiger partial charge in [-0.3, -0.25) is 9.36 Å². The van der Waals surface area contributed by atoms with E-state index in [4.69, 9.17) is 4.42 Å². The van der Waals surface area contributed by atoms with Gasteiger partial charge in [0.1, 0.15) is 11.8 Å². The van der Waals surface area contributed by atoms with Crippen molar-refractivity contribution in [3.63, 3.8) is 0 Å². The Bertz CT molecular complexity index is 1010. The van der Waals surface area contributed by atoms with Crippen molar-refractivity contribution in [2.75, 3.05) is 0 Å². The van der Waals surface area contributed by atoms with E-state index in [9.17, 15) is 9.59 Å². The summed E-state index contributed by atoms with van der Waals surface area (Å²) in [6, 6.07) is 7.26. The van der Waals surface area contributed by atoms with Crippen LogP contribution in [-0.4, -0.2) is 21.4 Å². The first-order valence-corrected chi connectivity index (χ1v) is 8.50. The Labute approximate surface area is 142 Å². The first-order chi connectivity index (χ1) is 11.5. The molecule has 0 bridgehead atoms. The van der Waals surface area contributed by atoms with E-state index in [-0.39, 0.29) is 11.8 Å². The number of fused-ring (bicyclic) bond motifs is 2. The summed E-state index contributed by atoms with van der Waals surface area (Å²) in [6.07, 6.45) is 0.407. The highest BCUT2D eigenvalue weighted by molar-refractivity contribution is 8.17. The molecule has 1 aromatic heterocycles. The van der Waals surface area contributed by atoms with Crippen molar-refractivity contribution in [3.8, 4) is 0 Å². The van der Waals surface area contributed by atoms with E-state index in [1.54, 1.807) is 10.6 Å². The number of hydrogen-bond donors (Lipinski definition) is 0.